The van der Waals surface area contributed by atoms with Crippen LogP contribution in [-0.4, -0.2) is 116 Å². The number of carbonyl (C=O) groups excluding carboxylic acids is 1. The molecule has 0 bridgehead atoms. The molecule has 10 unspecified atom stereocenters. The second-order valence-corrected chi connectivity index (χ2v) is 9.38. The summed E-state index contributed by atoms with van der Waals surface area (Å²) in [6.45, 7) is 3.23. The molecule has 0 spiro atoms. The van der Waals surface area contributed by atoms with Gasteiger partial charge in [-0.05, 0) is 12.3 Å². The SMILES string of the molecule is CC(C)CCCCCCC(=O)OCC1OC(OC2OC(CO)C(O)C(O)C2O)C(O)C(O)C1O. The molecule has 34 heavy (non-hydrogen) atoms. The second-order valence-electron chi connectivity index (χ2n) is 9.38. The molecule has 7 N–H and O–H groups in total. The lowest BCUT2D eigenvalue weighted by molar-refractivity contribution is -0.376. The third kappa shape index (κ3) is 8.05. The molecule has 12 heteroatoms. The van der Waals surface area contributed by atoms with Crippen LogP contribution in [0, 0.1) is 5.92 Å². The minimum atomic E-state index is -1.76. The second kappa shape index (κ2) is 14.0. The zero-order valence-electron chi connectivity index (χ0n) is 19.7. The maximum absolute atomic E-state index is 12.0. The van der Waals surface area contributed by atoms with Crippen LogP contribution in [0.4, 0.5) is 0 Å². The third-order valence-corrected chi connectivity index (χ3v) is 6.11. The van der Waals surface area contributed by atoms with Crippen LogP contribution < -0.4 is 0 Å². The highest BCUT2D eigenvalue weighted by Gasteiger charge is 2.49. The molecule has 2 fully saturated rings. The lowest BCUT2D eigenvalue weighted by atomic mass is 9.98. The van der Waals surface area contributed by atoms with Crippen molar-refractivity contribution in [1.82, 2.24) is 0 Å². The third-order valence-electron chi connectivity index (χ3n) is 6.11. The maximum atomic E-state index is 12.0. The lowest BCUT2D eigenvalue weighted by Crippen LogP contribution is -2.63. The summed E-state index contributed by atoms with van der Waals surface area (Å²) < 4.78 is 21.1. The van der Waals surface area contributed by atoms with Crippen LogP contribution in [0.1, 0.15) is 52.4 Å². The van der Waals surface area contributed by atoms with E-state index in [1.807, 2.05) is 0 Å². The van der Waals surface area contributed by atoms with Crippen molar-refractivity contribution in [3.05, 3.63) is 0 Å². The molecular formula is C22H40O12. The fraction of sp³-hybridized carbons (Fsp3) is 0.955. The first-order chi connectivity index (χ1) is 16.1. The minimum absolute atomic E-state index is 0.195. The number of hydrogen-bond acceptors (Lipinski definition) is 12. The van der Waals surface area contributed by atoms with E-state index in [4.69, 9.17) is 18.9 Å². The molecule has 0 saturated carbocycles. The standard InChI is InChI=1S/C22H40O12/c1-11(2)7-5-3-4-6-8-14(24)31-10-13-16(26)18(28)20(30)22(33-13)34-21-19(29)17(27)15(25)12(9-23)32-21/h11-13,15-23,25-30H,3-10H2,1-2H3. The number of aliphatic hydroxyl groups is 7. The van der Waals surface area contributed by atoms with E-state index in [-0.39, 0.29) is 6.42 Å². The van der Waals surface area contributed by atoms with E-state index in [0.717, 1.165) is 25.7 Å². The van der Waals surface area contributed by atoms with Crippen LogP contribution >= 0.6 is 0 Å². The van der Waals surface area contributed by atoms with Gasteiger partial charge in [0.2, 0.25) is 0 Å². The highest BCUT2D eigenvalue weighted by molar-refractivity contribution is 5.69. The normalized spacial score (nSPS) is 38.8. The quantitative estimate of drug-likeness (QED) is 0.118. The van der Waals surface area contributed by atoms with Crippen LogP contribution in [0.3, 0.4) is 0 Å². The Labute approximate surface area is 199 Å². The summed E-state index contributed by atoms with van der Waals surface area (Å²) in [5.74, 6) is 0.154. The van der Waals surface area contributed by atoms with Gasteiger partial charge in [0.15, 0.2) is 12.6 Å². The molecular weight excluding hydrogens is 456 g/mol. The van der Waals surface area contributed by atoms with Crippen molar-refractivity contribution in [3.63, 3.8) is 0 Å². The van der Waals surface area contributed by atoms with E-state index in [1.165, 1.54) is 0 Å². The molecule has 0 radical (unpaired) electrons. The van der Waals surface area contributed by atoms with E-state index in [9.17, 15) is 40.5 Å². The summed E-state index contributed by atoms with van der Waals surface area (Å²) in [4.78, 5) is 12.0. The Morgan fingerprint density at radius 2 is 1.29 bits per heavy atom. The Balaban J connectivity index is 1.84. The first kappa shape index (κ1) is 29.3. The molecule has 2 saturated heterocycles. The Hall–Kier alpha value is -0.930. The molecule has 0 aromatic rings. The Morgan fingerprint density at radius 1 is 0.765 bits per heavy atom. The van der Waals surface area contributed by atoms with E-state index >= 15 is 0 Å². The Bertz CT molecular complexity index is 602. The molecule has 10 atom stereocenters. The van der Waals surface area contributed by atoms with Crippen molar-refractivity contribution in [3.8, 4) is 0 Å². The van der Waals surface area contributed by atoms with E-state index in [0.29, 0.717) is 12.3 Å². The highest BCUT2D eigenvalue weighted by atomic mass is 16.8. The number of carbonyl (C=O) groups is 1. The summed E-state index contributed by atoms with van der Waals surface area (Å²) in [6, 6.07) is 0. The average Bonchev–Trinajstić information content (AvgIpc) is 2.80. The van der Waals surface area contributed by atoms with Gasteiger partial charge in [-0.15, -0.1) is 0 Å². The number of hydrogen-bond donors (Lipinski definition) is 7. The van der Waals surface area contributed by atoms with Crippen molar-refractivity contribution in [2.24, 2.45) is 5.92 Å². The molecule has 2 aliphatic heterocycles. The van der Waals surface area contributed by atoms with Crippen LogP contribution in [0.15, 0.2) is 0 Å². The van der Waals surface area contributed by atoms with Gasteiger partial charge in [-0.2, -0.15) is 0 Å². The summed E-state index contributed by atoms with van der Waals surface area (Å²) in [5, 5.41) is 69.7. The topological polar surface area (TPSA) is 196 Å². The van der Waals surface area contributed by atoms with Crippen molar-refractivity contribution < 1.29 is 59.5 Å². The first-order valence-electron chi connectivity index (χ1n) is 11.9. The lowest BCUT2D eigenvalue weighted by Gasteiger charge is -2.44. The molecule has 2 heterocycles. The summed E-state index contributed by atoms with van der Waals surface area (Å²) >= 11 is 0. The molecule has 0 aromatic carbocycles. The van der Waals surface area contributed by atoms with Crippen LogP contribution in [0.2, 0.25) is 0 Å². The van der Waals surface area contributed by atoms with Gasteiger partial charge in [-0.25, -0.2) is 0 Å². The zero-order chi connectivity index (χ0) is 25.4. The summed E-state index contributed by atoms with van der Waals surface area (Å²) in [6.07, 6.45) is -10.9. The van der Waals surface area contributed by atoms with Gasteiger partial charge in [-0.1, -0.05) is 39.5 Å². The predicted octanol–water partition coefficient (Wildman–Crippen LogP) is -1.85. The van der Waals surface area contributed by atoms with Crippen LogP contribution in [0.5, 0.6) is 0 Å². The molecule has 200 valence electrons. The van der Waals surface area contributed by atoms with Crippen molar-refractivity contribution in [2.75, 3.05) is 13.2 Å². The van der Waals surface area contributed by atoms with Gasteiger partial charge in [0.05, 0.1) is 6.61 Å². The average molecular weight is 497 g/mol. The number of aliphatic hydroxyl groups excluding tert-OH is 7. The molecule has 0 aliphatic carbocycles. The van der Waals surface area contributed by atoms with Crippen molar-refractivity contribution in [2.45, 2.75) is 114 Å². The largest absolute Gasteiger partial charge is 0.463 e. The van der Waals surface area contributed by atoms with Gasteiger partial charge >= 0.3 is 5.97 Å². The van der Waals surface area contributed by atoms with E-state index in [2.05, 4.69) is 13.8 Å². The number of ether oxygens (including phenoxy) is 4. The van der Waals surface area contributed by atoms with Gasteiger partial charge < -0.3 is 54.7 Å². The first-order valence-corrected chi connectivity index (χ1v) is 11.9. The monoisotopic (exact) mass is 496 g/mol. The zero-order valence-corrected chi connectivity index (χ0v) is 19.7. The predicted molar refractivity (Wildman–Crippen MR) is 115 cm³/mol. The summed E-state index contributed by atoms with van der Waals surface area (Å²) in [5.41, 5.74) is 0. The molecule has 0 amide bonds. The van der Waals surface area contributed by atoms with Gasteiger partial charge in [0, 0.05) is 6.42 Å². The minimum Gasteiger partial charge on any atom is -0.463 e. The Morgan fingerprint density at radius 3 is 1.85 bits per heavy atom. The molecule has 2 aliphatic rings. The molecule has 0 aromatic heterocycles. The summed E-state index contributed by atoms with van der Waals surface area (Å²) in [7, 11) is 0. The van der Waals surface area contributed by atoms with E-state index in [1.54, 1.807) is 0 Å². The molecule has 12 nitrogen and oxygen atoms in total. The van der Waals surface area contributed by atoms with Crippen LogP contribution in [-0.2, 0) is 23.7 Å². The number of unbranched alkanes of at least 4 members (excludes halogenated alkanes) is 3. The maximum Gasteiger partial charge on any atom is 0.305 e. The Kier molecular flexibility index (Phi) is 12.0. The smallest absolute Gasteiger partial charge is 0.305 e. The van der Waals surface area contributed by atoms with Crippen molar-refractivity contribution in [1.29, 1.82) is 0 Å². The number of esters is 1. The fourth-order valence-electron chi connectivity index (χ4n) is 3.90. The van der Waals surface area contributed by atoms with Crippen LogP contribution in [0.25, 0.3) is 0 Å². The fourth-order valence-corrected chi connectivity index (χ4v) is 3.90. The van der Waals surface area contributed by atoms with Gasteiger partial charge in [-0.3, -0.25) is 4.79 Å². The van der Waals surface area contributed by atoms with Gasteiger partial charge in [0.25, 0.3) is 0 Å². The van der Waals surface area contributed by atoms with Crippen molar-refractivity contribution >= 4 is 5.97 Å². The molecule has 2 rings (SSSR count). The number of rotatable bonds is 12. The van der Waals surface area contributed by atoms with Gasteiger partial charge in [0.1, 0.15) is 55.4 Å². The highest BCUT2D eigenvalue weighted by Crippen LogP contribution is 2.28. The van der Waals surface area contributed by atoms with E-state index < -0.39 is 80.6 Å².